The molecule has 0 unspecified atom stereocenters. The van der Waals surface area contributed by atoms with Crippen LogP contribution in [0.4, 0.5) is 0 Å². The van der Waals surface area contributed by atoms with Crippen LogP contribution >= 0.6 is 11.8 Å². The monoisotopic (exact) mass is 223 g/mol. The number of likely N-dealkylation sites (tertiary alicyclic amines) is 1. The smallest absolute Gasteiger partial charge is 0.0579 e. The summed E-state index contributed by atoms with van der Waals surface area (Å²) in [4.78, 5) is 4.00. The number of nitrogens with one attached hydrogen (secondary N) is 1. The summed E-state index contributed by atoms with van der Waals surface area (Å²) < 4.78 is 0. The molecule has 0 spiro atoms. The Balaban J connectivity index is 1.76. The van der Waals surface area contributed by atoms with E-state index < -0.39 is 0 Å². The van der Waals surface area contributed by atoms with Crippen LogP contribution in [0.5, 0.6) is 0 Å². The predicted octanol–water partition coefficient (Wildman–Crippen LogP) is 2.01. The molecule has 0 atom stereocenters. The summed E-state index contributed by atoms with van der Waals surface area (Å²) in [6.45, 7) is 6.98. The number of piperidine rings is 1. The molecule has 0 aromatic heterocycles. The normalized spacial score (nSPS) is 23.7. The van der Waals surface area contributed by atoms with Crippen LogP contribution in [0.25, 0.3) is 0 Å². The number of hydrogen-bond acceptors (Lipinski definition) is 3. The van der Waals surface area contributed by atoms with E-state index >= 15 is 0 Å². The Morgan fingerprint density at radius 1 is 1.53 bits per heavy atom. The molecule has 0 saturated carbocycles. The van der Waals surface area contributed by atoms with E-state index in [0.29, 0.717) is 0 Å². The number of dihydropyridines is 1. The lowest BCUT2D eigenvalue weighted by atomic mass is 10.1. The summed E-state index contributed by atoms with van der Waals surface area (Å²) in [7, 11) is 0. The van der Waals surface area contributed by atoms with Gasteiger partial charge in [-0.15, -0.1) is 11.8 Å². The molecule has 0 aromatic rings. The maximum absolute atomic E-state index is 3.14. The SMILES string of the molecule is CCN1CCC(SC2=CC=[C]NC2)CC1. The summed E-state index contributed by atoms with van der Waals surface area (Å²) in [5, 5.41) is 3.97. The van der Waals surface area contributed by atoms with Crippen molar-refractivity contribution >= 4 is 11.8 Å². The van der Waals surface area contributed by atoms with Crippen molar-refractivity contribution in [1.29, 1.82) is 0 Å². The van der Waals surface area contributed by atoms with Gasteiger partial charge in [0.1, 0.15) is 0 Å². The highest BCUT2D eigenvalue weighted by Gasteiger charge is 2.19. The highest BCUT2D eigenvalue weighted by molar-refractivity contribution is 8.03. The van der Waals surface area contributed by atoms with Gasteiger partial charge in [-0.2, -0.15) is 0 Å². The highest BCUT2D eigenvalue weighted by Crippen LogP contribution is 2.29. The topological polar surface area (TPSA) is 15.3 Å². The largest absolute Gasteiger partial charge is 0.379 e. The summed E-state index contributed by atoms with van der Waals surface area (Å²) in [6, 6.07) is 0. The Labute approximate surface area is 96.8 Å². The third kappa shape index (κ3) is 3.28. The van der Waals surface area contributed by atoms with Crippen molar-refractivity contribution in [2.75, 3.05) is 26.2 Å². The summed E-state index contributed by atoms with van der Waals surface area (Å²) in [5.41, 5.74) is 0. The average Bonchev–Trinajstić information content (AvgIpc) is 2.31. The Morgan fingerprint density at radius 2 is 2.33 bits per heavy atom. The summed E-state index contributed by atoms with van der Waals surface area (Å²) in [6.07, 6.45) is 9.84. The minimum absolute atomic E-state index is 0.826. The van der Waals surface area contributed by atoms with Gasteiger partial charge in [0, 0.05) is 16.7 Å². The average molecular weight is 223 g/mol. The molecule has 1 N–H and O–H groups in total. The standard InChI is InChI=1S/C12H19N2S/c1-2-14-8-5-11(6-9-14)15-12-4-3-7-13-10-12/h3-4,11,13H,2,5-6,8-10H2,1H3. The van der Waals surface area contributed by atoms with E-state index in [1.54, 1.807) is 0 Å². The highest BCUT2D eigenvalue weighted by atomic mass is 32.2. The molecule has 0 amide bonds. The van der Waals surface area contributed by atoms with E-state index in [4.69, 9.17) is 0 Å². The van der Waals surface area contributed by atoms with Gasteiger partial charge < -0.3 is 10.2 Å². The molecule has 83 valence electrons. The number of thioether (sulfide) groups is 1. The molecule has 2 aliphatic heterocycles. The van der Waals surface area contributed by atoms with Gasteiger partial charge in [-0.25, -0.2) is 0 Å². The van der Waals surface area contributed by atoms with E-state index in [-0.39, 0.29) is 0 Å². The molecule has 3 heteroatoms. The summed E-state index contributed by atoms with van der Waals surface area (Å²) >= 11 is 2.05. The third-order valence-corrected chi connectivity index (χ3v) is 4.41. The third-order valence-electron chi connectivity index (χ3n) is 3.02. The van der Waals surface area contributed by atoms with Gasteiger partial charge in [0.05, 0.1) is 6.20 Å². The van der Waals surface area contributed by atoms with Crippen molar-refractivity contribution in [2.24, 2.45) is 0 Å². The molecule has 1 radical (unpaired) electrons. The second-order valence-corrected chi connectivity index (χ2v) is 5.48. The molecule has 2 heterocycles. The number of allylic oxidation sites excluding steroid dienone is 2. The molecule has 2 nitrogen and oxygen atoms in total. The molecule has 1 fully saturated rings. The zero-order chi connectivity index (χ0) is 10.5. The van der Waals surface area contributed by atoms with Crippen LogP contribution in [0.3, 0.4) is 0 Å². The first-order chi connectivity index (χ1) is 7.38. The van der Waals surface area contributed by atoms with Gasteiger partial charge in [0.2, 0.25) is 0 Å². The van der Waals surface area contributed by atoms with Gasteiger partial charge in [-0.1, -0.05) is 6.92 Å². The fourth-order valence-electron chi connectivity index (χ4n) is 2.03. The molecule has 0 aliphatic carbocycles. The minimum atomic E-state index is 0.826. The van der Waals surface area contributed by atoms with Crippen LogP contribution in [0.1, 0.15) is 19.8 Å². The lowest BCUT2D eigenvalue weighted by Gasteiger charge is -2.31. The molecule has 0 bridgehead atoms. The van der Waals surface area contributed by atoms with Crippen molar-refractivity contribution in [3.05, 3.63) is 23.3 Å². The molecular weight excluding hydrogens is 204 g/mol. The maximum Gasteiger partial charge on any atom is 0.0579 e. The minimum Gasteiger partial charge on any atom is -0.379 e. The van der Waals surface area contributed by atoms with Crippen molar-refractivity contribution in [1.82, 2.24) is 10.2 Å². The Kier molecular flexibility index (Phi) is 4.15. The predicted molar refractivity (Wildman–Crippen MR) is 66.6 cm³/mol. The van der Waals surface area contributed by atoms with Crippen LogP contribution < -0.4 is 5.32 Å². The Hall–Kier alpha value is -0.410. The maximum atomic E-state index is 3.14. The number of hydrogen-bond donors (Lipinski definition) is 1. The van der Waals surface area contributed by atoms with Crippen LogP contribution in [0, 0.1) is 6.20 Å². The van der Waals surface area contributed by atoms with Crippen molar-refractivity contribution < 1.29 is 0 Å². The zero-order valence-corrected chi connectivity index (χ0v) is 10.1. The van der Waals surface area contributed by atoms with Crippen LogP contribution in [-0.4, -0.2) is 36.3 Å². The molecule has 0 aromatic carbocycles. The van der Waals surface area contributed by atoms with Crippen LogP contribution in [0.2, 0.25) is 0 Å². The first-order valence-electron chi connectivity index (χ1n) is 5.78. The number of nitrogens with zero attached hydrogens (tertiary/aromatic N) is 1. The molecule has 15 heavy (non-hydrogen) atoms. The van der Waals surface area contributed by atoms with Crippen LogP contribution in [-0.2, 0) is 0 Å². The lowest BCUT2D eigenvalue weighted by Crippen LogP contribution is -2.34. The van der Waals surface area contributed by atoms with Gasteiger partial charge in [0.15, 0.2) is 0 Å². The summed E-state index contributed by atoms with van der Waals surface area (Å²) in [5.74, 6) is 0. The van der Waals surface area contributed by atoms with E-state index in [1.807, 2.05) is 6.08 Å². The van der Waals surface area contributed by atoms with Gasteiger partial charge >= 0.3 is 0 Å². The van der Waals surface area contributed by atoms with E-state index in [2.05, 4.69) is 41.2 Å². The molecule has 2 rings (SSSR count). The molecular formula is C12H19N2S. The first-order valence-corrected chi connectivity index (χ1v) is 6.66. The van der Waals surface area contributed by atoms with Crippen LogP contribution in [0.15, 0.2) is 17.1 Å². The van der Waals surface area contributed by atoms with Crippen molar-refractivity contribution in [2.45, 2.75) is 25.0 Å². The number of rotatable bonds is 3. The van der Waals surface area contributed by atoms with E-state index in [9.17, 15) is 0 Å². The molecule has 1 saturated heterocycles. The first kappa shape index (κ1) is 11.1. The zero-order valence-electron chi connectivity index (χ0n) is 9.33. The fraction of sp³-hybridized carbons (Fsp3) is 0.667. The van der Waals surface area contributed by atoms with Gasteiger partial charge in [-0.05, 0) is 44.6 Å². The van der Waals surface area contributed by atoms with E-state index in [0.717, 1.165) is 11.8 Å². The van der Waals surface area contributed by atoms with Crippen molar-refractivity contribution in [3.8, 4) is 0 Å². The van der Waals surface area contributed by atoms with E-state index in [1.165, 1.54) is 37.4 Å². The molecule has 2 aliphatic rings. The second kappa shape index (κ2) is 5.61. The van der Waals surface area contributed by atoms with Crippen molar-refractivity contribution in [3.63, 3.8) is 0 Å². The quantitative estimate of drug-likeness (QED) is 0.788. The second-order valence-electron chi connectivity index (χ2n) is 4.05. The fourth-order valence-corrected chi connectivity index (χ4v) is 3.21. The van der Waals surface area contributed by atoms with Gasteiger partial charge in [0.25, 0.3) is 0 Å². The Bertz CT molecular complexity index is 252. The lowest BCUT2D eigenvalue weighted by molar-refractivity contribution is 0.244. The van der Waals surface area contributed by atoms with Gasteiger partial charge in [-0.3, -0.25) is 0 Å². The Morgan fingerprint density at radius 3 is 2.93 bits per heavy atom.